The summed E-state index contributed by atoms with van der Waals surface area (Å²) in [5, 5.41) is 3.50. The fraction of sp³-hybridized carbons (Fsp3) is 0.174. The van der Waals surface area contributed by atoms with E-state index in [4.69, 9.17) is 23.2 Å². The molecule has 0 aliphatic rings. The van der Waals surface area contributed by atoms with Crippen LogP contribution in [0, 0.1) is 0 Å². The monoisotopic (exact) mass is 476 g/mol. The Bertz CT molecular complexity index is 1140. The molecular weight excluding hydrogens is 455 g/mol. The van der Waals surface area contributed by atoms with Crippen LogP contribution < -0.4 is 5.32 Å². The van der Waals surface area contributed by atoms with E-state index < -0.39 is 15.9 Å². The maximum absolute atomic E-state index is 13.2. The molecule has 1 N–H and O–H groups in total. The van der Waals surface area contributed by atoms with E-state index in [-0.39, 0.29) is 17.5 Å². The Balaban J connectivity index is 1.80. The van der Waals surface area contributed by atoms with E-state index in [0.717, 1.165) is 5.56 Å². The van der Waals surface area contributed by atoms with E-state index in [0.29, 0.717) is 21.3 Å². The number of nitrogens with zero attached hydrogens (tertiary/aromatic N) is 1. The van der Waals surface area contributed by atoms with Gasteiger partial charge < -0.3 is 5.32 Å². The summed E-state index contributed by atoms with van der Waals surface area (Å²) in [5.74, 6) is -0.396. The summed E-state index contributed by atoms with van der Waals surface area (Å²) in [7, 11) is -3.74. The number of sulfonamides is 1. The standard InChI is InChI=1S/C23H22Cl2N2O3S/c1-16(2)27(15-17-6-4-3-5-7-17)31(29,30)22-10-8-18(9-11-22)23(28)26-21-13-19(24)12-20(25)14-21/h3-14,16H,15H2,1-2H3,(H,26,28). The number of hydrogen-bond donors (Lipinski definition) is 1. The molecule has 0 saturated heterocycles. The van der Waals surface area contributed by atoms with Crippen LogP contribution in [0.4, 0.5) is 5.69 Å². The molecule has 3 rings (SSSR count). The second-order valence-electron chi connectivity index (χ2n) is 7.27. The summed E-state index contributed by atoms with van der Waals surface area (Å²) in [5.41, 5.74) is 1.67. The number of anilines is 1. The first-order valence-electron chi connectivity index (χ1n) is 9.60. The maximum Gasteiger partial charge on any atom is 0.255 e. The van der Waals surface area contributed by atoms with E-state index >= 15 is 0 Å². The fourth-order valence-corrected chi connectivity index (χ4v) is 5.20. The average molecular weight is 477 g/mol. The quantitative estimate of drug-likeness (QED) is 0.465. The lowest BCUT2D eigenvalue weighted by Crippen LogP contribution is -2.36. The highest BCUT2D eigenvalue weighted by atomic mass is 35.5. The largest absolute Gasteiger partial charge is 0.322 e. The van der Waals surface area contributed by atoms with Crippen LogP contribution in [0.1, 0.15) is 29.8 Å². The molecule has 3 aromatic carbocycles. The van der Waals surface area contributed by atoms with Crippen LogP contribution in [0.2, 0.25) is 10.0 Å². The second-order valence-corrected chi connectivity index (χ2v) is 10.0. The van der Waals surface area contributed by atoms with Crippen LogP contribution in [0.15, 0.2) is 77.7 Å². The van der Waals surface area contributed by atoms with Crippen LogP contribution in [0.3, 0.4) is 0 Å². The van der Waals surface area contributed by atoms with Gasteiger partial charge in [-0.05, 0) is 61.9 Å². The lowest BCUT2D eigenvalue weighted by atomic mass is 10.2. The second kappa shape index (κ2) is 9.83. The van der Waals surface area contributed by atoms with Crippen LogP contribution in [0.5, 0.6) is 0 Å². The van der Waals surface area contributed by atoms with Gasteiger partial charge in [-0.25, -0.2) is 8.42 Å². The molecule has 0 aliphatic heterocycles. The molecule has 0 aliphatic carbocycles. The number of carbonyl (C=O) groups excluding carboxylic acids is 1. The highest BCUT2D eigenvalue weighted by molar-refractivity contribution is 7.89. The summed E-state index contributed by atoms with van der Waals surface area (Å²) in [4.78, 5) is 12.6. The van der Waals surface area contributed by atoms with Gasteiger partial charge in [-0.15, -0.1) is 0 Å². The minimum Gasteiger partial charge on any atom is -0.322 e. The zero-order valence-electron chi connectivity index (χ0n) is 17.0. The Morgan fingerprint density at radius 1 is 0.935 bits per heavy atom. The van der Waals surface area contributed by atoms with Gasteiger partial charge in [0.25, 0.3) is 5.91 Å². The molecule has 0 bridgehead atoms. The molecule has 0 unspecified atom stereocenters. The summed E-state index contributed by atoms with van der Waals surface area (Å²) in [6.07, 6.45) is 0. The smallest absolute Gasteiger partial charge is 0.255 e. The van der Waals surface area contributed by atoms with Crippen LogP contribution in [-0.4, -0.2) is 24.7 Å². The molecule has 0 heterocycles. The van der Waals surface area contributed by atoms with Gasteiger partial charge >= 0.3 is 0 Å². The van der Waals surface area contributed by atoms with E-state index in [2.05, 4.69) is 5.32 Å². The van der Waals surface area contributed by atoms with E-state index in [9.17, 15) is 13.2 Å². The Hall–Kier alpha value is -2.38. The van der Waals surface area contributed by atoms with Crippen LogP contribution in [0.25, 0.3) is 0 Å². The zero-order valence-corrected chi connectivity index (χ0v) is 19.4. The number of halogens is 2. The van der Waals surface area contributed by atoms with Crippen molar-refractivity contribution in [3.05, 3.63) is 94.0 Å². The van der Waals surface area contributed by atoms with Crippen molar-refractivity contribution in [2.24, 2.45) is 0 Å². The van der Waals surface area contributed by atoms with E-state index in [1.807, 2.05) is 44.2 Å². The normalized spacial score (nSPS) is 11.7. The third-order valence-corrected chi connectivity index (χ3v) is 7.07. The van der Waals surface area contributed by atoms with Gasteiger partial charge in [0, 0.05) is 33.9 Å². The number of benzene rings is 3. The maximum atomic E-state index is 13.2. The van der Waals surface area contributed by atoms with Crippen molar-refractivity contribution in [1.82, 2.24) is 4.31 Å². The molecule has 0 atom stereocenters. The van der Waals surface area contributed by atoms with Gasteiger partial charge in [-0.2, -0.15) is 4.31 Å². The molecular formula is C23H22Cl2N2O3S. The summed E-state index contributed by atoms with van der Waals surface area (Å²) < 4.78 is 27.9. The molecule has 0 radical (unpaired) electrons. The van der Waals surface area contributed by atoms with Crippen molar-refractivity contribution in [1.29, 1.82) is 0 Å². The zero-order chi connectivity index (χ0) is 22.6. The molecule has 0 saturated carbocycles. The topological polar surface area (TPSA) is 66.5 Å². The predicted octanol–water partition coefficient (Wildman–Crippen LogP) is 5.85. The minimum atomic E-state index is -3.74. The molecule has 1 amide bonds. The Morgan fingerprint density at radius 3 is 2.06 bits per heavy atom. The molecule has 0 spiro atoms. The number of rotatable bonds is 7. The summed E-state index contributed by atoms with van der Waals surface area (Å²) in [6.45, 7) is 3.93. The van der Waals surface area contributed by atoms with Gasteiger partial charge in [0.1, 0.15) is 0 Å². The number of amides is 1. The van der Waals surface area contributed by atoms with Gasteiger partial charge in [-0.1, -0.05) is 53.5 Å². The lowest BCUT2D eigenvalue weighted by molar-refractivity contribution is 0.102. The first-order chi connectivity index (χ1) is 14.7. The first kappa shape index (κ1) is 23.3. The molecule has 31 heavy (non-hydrogen) atoms. The van der Waals surface area contributed by atoms with Crippen molar-refractivity contribution in [2.75, 3.05) is 5.32 Å². The highest BCUT2D eigenvalue weighted by Gasteiger charge is 2.27. The van der Waals surface area contributed by atoms with Crippen LogP contribution in [-0.2, 0) is 16.6 Å². The average Bonchev–Trinajstić information content (AvgIpc) is 2.71. The van der Waals surface area contributed by atoms with E-state index in [1.165, 1.54) is 28.6 Å². The molecule has 5 nitrogen and oxygen atoms in total. The van der Waals surface area contributed by atoms with Crippen molar-refractivity contribution < 1.29 is 13.2 Å². The minimum absolute atomic E-state index is 0.125. The van der Waals surface area contributed by atoms with Crippen molar-refractivity contribution >= 4 is 44.8 Å². The first-order valence-corrected chi connectivity index (χ1v) is 11.8. The number of nitrogens with one attached hydrogen (secondary N) is 1. The van der Waals surface area contributed by atoms with Gasteiger partial charge in [-0.3, -0.25) is 4.79 Å². The SMILES string of the molecule is CC(C)N(Cc1ccccc1)S(=O)(=O)c1ccc(C(=O)Nc2cc(Cl)cc(Cl)c2)cc1. The highest BCUT2D eigenvalue weighted by Crippen LogP contribution is 2.24. The number of carbonyl (C=O) groups is 1. The van der Waals surface area contributed by atoms with Crippen molar-refractivity contribution in [3.8, 4) is 0 Å². The fourth-order valence-electron chi connectivity index (χ4n) is 3.05. The van der Waals surface area contributed by atoms with Gasteiger partial charge in [0.05, 0.1) is 4.90 Å². The molecule has 162 valence electrons. The third-order valence-electron chi connectivity index (χ3n) is 4.60. The molecule has 0 fully saturated rings. The molecule has 8 heteroatoms. The molecule has 3 aromatic rings. The van der Waals surface area contributed by atoms with E-state index in [1.54, 1.807) is 18.2 Å². The Labute approximate surface area is 192 Å². The van der Waals surface area contributed by atoms with Gasteiger partial charge in [0.15, 0.2) is 0 Å². The lowest BCUT2D eigenvalue weighted by Gasteiger charge is -2.26. The predicted molar refractivity (Wildman–Crippen MR) is 125 cm³/mol. The summed E-state index contributed by atoms with van der Waals surface area (Å²) >= 11 is 11.9. The van der Waals surface area contributed by atoms with Crippen LogP contribution >= 0.6 is 23.2 Å². The Morgan fingerprint density at radius 2 is 1.52 bits per heavy atom. The summed E-state index contributed by atoms with van der Waals surface area (Å²) in [6, 6.07) is 19.7. The third kappa shape index (κ3) is 5.86. The van der Waals surface area contributed by atoms with Gasteiger partial charge in [0.2, 0.25) is 10.0 Å². The molecule has 0 aromatic heterocycles. The van der Waals surface area contributed by atoms with Crippen molar-refractivity contribution in [3.63, 3.8) is 0 Å². The Kier molecular flexibility index (Phi) is 7.38. The number of hydrogen-bond acceptors (Lipinski definition) is 3. The van der Waals surface area contributed by atoms with Crippen molar-refractivity contribution in [2.45, 2.75) is 31.3 Å².